The summed E-state index contributed by atoms with van der Waals surface area (Å²) in [5.41, 5.74) is -1.65. The maximum atomic E-state index is 13.8. The summed E-state index contributed by atoms with van der Waals surface area (Å²) in [5.74, 6) is -1.63. The topological polar surface area (TPSA) is 84.5 Å². The molecule has 33 heavy (non-hydrogen) atoms. The van der Waals surface area contributed by atoms with Gasteiger partial charge in [-0.05, 0) is 55.5 Å². The van der Waals surface area contributed by atoms with E-state index in [0.29, 0.717) is 0 Å². The lowest BCUT2D eigenvalue weighted by Crippen LogP contribution is -2.17. The molecule has 0 heterocycles. The first kappa shape index (κ1) is 24.1. The van der Waals surface area contributed by atoms with Crippen LogP contribution >= 0.6 is 0 Å². The van der Waals surface area contributed by atoms with Gasteiger partial charge in [-0.2, -0.15) is 13.2 Å². The molecule has 0 aromatic heterocycles. The molecule has 2 N–H and O–H groups in total. The Balaban J connectivity index is 1.89. The number of rotatable bonds is 7. The van der Waals surface area contributed by atoms with E-state index in [1.165, 1.54) is 36.4 Å². The molecular formula is C22H18F4N2O4S. The Morgan fingerprint density at radius 2 is 1.70 bits per heavy atom. The average Bonchev–Trinajstić information content (AvgIpc) is 2.76. The Bertz CT molecular complexity index is 1280. The Morgan fingerprint density at radius 1 is 0.970 bits per heavy atom. The first-order valence-electron chi connectivity index (χ1n) is 9.54. The van der Waals surface area contributed by atoms with E-state index >= 15 is 0 Å². The van der Waals surface area contributed by atoms with Gasteiger partial charge in [0, 0.05) is 5.56 Å². The Labute approximate surface area is 187 Å². The smallest absolute Gasteiger partial charge is 0.416 e. The van der Waals surface area contributed by atoms with E-state index in [2.05, 4.69) is 10.0 Å². The molecule has 0 saturated carbocycles. The first-order chi connectivity index (χ1) is 15.5. The quantitative estimate of drug-likeness (QED) is 0.448. The number of hydrogen-bond acceptors (Lipinski definition) is 4. The van der Waals surface area contributed by atoms with Crippen molar-refractivity contribution in [2.75, 3.05) is 16.6 Å². The van der Waals surface area contributed by atoms with Crippen molar-refractivity contribution in [1.29, 1.82) is 0 Å². The van der Waals surface area contributed by atoms with Gasteiger partial charge < -0.3 is 10.1 Å². The summed E-state index contributed by atoms with van der Waals surface area (Å²) < 4.78 is 85.7. The number of hydrogen-bond donors (Lipinski definition) is 2. The fourth-order valence-electron chi connectivity index (χ4n) is 2.83. The molecule has 0 bridgehead atoms. The highest BCUT2D eigenvalue weighted by molar-refractivity contribution is 7.92. The van der Waals surface area contributed by atoms with Crippen LogP contribution in [0.15, 0.2) is 71.6 Å². The third kappa shape index (κ3) is 5.80. The van der Waals surface area contributed by atoms with Gasteiger partial charge in [-0.15, -0.1) is 0 Å². The normalized spacial score (nSPS) is 11.7. The highest BCUT2D eigenvalue weighted by Gasteiger charge is 2.31. The second-order valence-corrected chi connectivity index (χ2v) is 8.39. The summed E-state index contributed by atoms with van der Waals surface area (Å²) in [4.78, 5) is 12.4. The molecule has 0 aliphatic heterocycles. The van der Waals surface area contributed by atoms with Crippen molar-refractivity contribution in [1.82, 2.24) is 0 Å². The van der Waals surface area contributed by atoms with Crippen molar-refractivity contribution >= 4 is 27.3 Å². The molecule has 1 amide bonds. The molecule has 3 rings (SSSR count). The van der Waals surface area contributed by atoms with Crippen molar-refractivity contribution in [3.05, 3.63) is 83.7 Å². The van der Waals surface area contributed by atoms with Gasteiger partial charge in [-0.3, -0.25) is 9.52 Å². The Hall–Kier alpha value is -3.60. The van der Waals surface area contributed by atoms with Crippen molar-refractivity contribution in [2.24, 2.45) is 0 Å². The standard InChI is InChI=1S/C22H18F4N2O4S/c1-2-32-20-11-10-15(22(24,25)26)13-19(20)27-21(29)14-6-5-7-16(12-14)33(30,31)28-18-9-4-3-8-17(18)23/h3-13,28H,2H2,1H3,(H,27,29). The van der Waals surface area contributed by atoms with Gasteiger partial charge >= 0.3 is 6.18 Å². The summed E-state index contributed by atoms with van der Waals surface area (Å²) in [6.07, 6.45) is -4.64. The van der Waals surface area contributed by atoms with E-state index in [0.717, 1.165) is 30.3 Å². The van der Waals surface area contributed by atoms with Crippen LogP contribution in [0.3, 0.4) is 0 Å². The Kier molecular flexibility index (Phi) is 6.92. The van der Waals surface area contributed by atoms with Gasteiger partial charge in [0.2, 0.25) is 0 Å². The van der Waals surface area contributed by atoms with Crippen LogP contribution < -0.4 is 14.8 Å². The number of halogens is 4. The van der Waals surface area contributed by atoms with Crippen molar-refractivity contribution < 1.29 is 35.5 Å². The zero-order chi connectivity index (χ0) is 24.2. The van der Waals surface area contributed by atoms with E-state index in [1.54, 1.807) is 6.92 Å². The molecule has 11 heteroatoms. The maximum Gasteiger partial charge on any atom is 0.416 e. The van der Waals surface area contributed by atoms with Crippen LogP contribution in [0.2, 0.25) is 0 Å². The lowest BCUT2D eigenvalue weighted by molar-refractivity contribution is -0.137. The predicted octanol–water partition coefficient (Wildman–Crippen LogP) is 5.30. The van der Waals surface area contributed by atoms with E-state index in [4.69, 9.17) is 4.74 Å². The summed E-state index contributed by atoms with van der Waals surface area (Å²) in [7, 11) is -4.25. The maximum absolute atomic E-state index is 13.8. The number of carbonyl (C=O) groups is 1. The zero-order valence-electron chi connectivity index (χ0n) is 17.1. The number of benzene rings is 3. The zero-order valence-corrected chi connectivity index (χ0v) is 17.9. The number of ether oxygens (including phenoxy) is 1. The first-order valence-corrected chi connectivity index (χ1v) is 11.0. The fraction of sp³-hybridized carbons (Fsp3) is 0.136. The summed E-state index contributed by atoms with van der Waals surface area (Å²) in [5, 5.41) is 2.32. The second-order valence-electron chi connectivity index (χ2n) is 6.71. The summed E-state index contributed by atoms with van der Waals surface area (Å²) in [6.45, 7) is 1.77. The molecule has 0 atom stereocenters. The molecular weight excluding hydrogens is 464 g/mol. The minimum atomic E-state index is -4.64. The van der Waals surface area contributed by atoms with Crippen molar-refractivity contribution in [3.63, 3.8) is 0 Å². The fourth-order valence-corrected chi connectivity index (χ4v) is 3.94. The molecule has 0 saturated heterocycles. The highest BCUT2D eigenvalue weighted by atomic mass is 32.2. The largest absolute Gasteiger partial charge is 0.492 e. The van der Waals surface area contributed by atoms with E-state index < -0.39 is 33.5 Å². The molecule has 0 aliphatic rings. The van der Waals surface area contributed by atoms with Crippen LogP contribution in [0.25, 0.3) is 0 Å². The molecule has 0 radical (unpaired) electrons. The van der Waals surface area contributed by atoms with E-state index in [9.17, 15) is 30.8 Å². The highest BCUT2D eigenvalue weighted by Crippen LogP contribution is 2.35. The molecule has 0 aliphatic carbocycles. The second kappa shape index (κ2) is 9.49. The lowest BCUT2D eigenvalue weighted by atomic mass is 10.1. The third-order valence-electron chi connectivity index (χ3n) is 4.38. The van der Waals surface area contributed by atoms with Gasteiger partial charge in [-0.1, -0.05) is 18.2 Å². The van der Waals surface area contributed by atoms with Crippen molar-refractivity contribution in [3.8, 4) is 5.75 Å². The van der Waals surface area contributed by atoms with Crippen LogP contribution in [-0.4, -0.2) is 20.9 Å². The molecule has 0 spiro atoms. The number of amides is 1. The van der Waals surface area contributed by atoms with Crippen LogP contribution in [0.1, 0.15) is 22.8 Å². The number of sulfonamides is 1. The number of para-hydroxylation sites is 1. The summed E-state index contributed by atoms with van der Waals surface area (Å²) in [6, 6.07) is 12.5. The van der Waals surface area contributed by atoms with Crippen LogP contribution in [-0.2, 0) is 16.2 Å². The third-order valence-corrected chi connectivity index (χ3v) is 5.74. The minimum Gasteiger partial charge on any atom is -0.492 e. The van der Waals surface area contributed by atoms with Crippen molar-refractivity contribution in [2.45, 2.75) is 18.0 Å². The summed E-state index contributed by atoms with van der Waals surface area (Å²) >= 11 is 0. The van der Waals surface area contributed by atoms with Gasteiger partial charge in [0.25, 0.3) is 15.9 Å². The predicted molar refractivity (Wildman–Crippen MR) is 114 cm³/mol. The van der Waals surface area contributed by atoms with Gasteiger partial charge in [0.15, 0.2) is 0 Å². The minimum absolute atomic E-state index is 0.0174. The average molecular weight is 482 g/mol. The lowest BCUT2D eigenvalue weighted by Gasteiger charge is -2.15. The molecule has 174 valence electrons. The molecule has 3 aromatic carbocycles. The number of carbonyl (C=O) groups excluding carboxylic acids is 1. The number of anilines is 2. The molecule has 0 fully saturated rings. The molecule has 0 unspecified atom stereocenters. The van der Waals surface area contributed by atoms with Crippen LogP contribution in [0, 0.1) is 5.82 Å². The van der Waals surface area contributed by atoms with Crippen LogP contribution in [0.5, 0.6) is 5.75 Å². The van der Waals surface area contributed by atoms with E-state index in [-0.39, 0.29) is 34.2 Å². The SMILES string of the molecule is CCOc1ccc(C(F)(F)F)cc1NC(=O)c1cccc(S(=O)(=O)Nc2ccccc2F)c1. The van der Waals surface area contributed by atoms with Gasteiger partial charge in [0.1, 0.15) is 11.6 Å². The van der Waals surface area contributed by atoms with Gasteiger partial charge in [0.05, 0.1) is 28.4 Å². The molecule has 6 nitrogen and oxygen atoms in total. The molecule has 3 aromatic rings. The van der Waals surface area contributed by atoms with Crippen LogP contribution in [0.4, 0.5) is 28.9 Å². The Morgan fingerprint density at radius 3 is 2.36 bits per heavy atom. The number of alkyl halides is 3. The van der Waals surface area contributed by atoms with Gasteiger partial charge in [-0.25, -0.2) is 12.8 Å². The van der Waals surface area contributed by atoms with E-state index in [1.807, 2.05) is 0 Å². The monoisotopic (exact) mass is 482 g/mol. The number of nitrogens with one attached hydrogen (secondary N) is 2.